The van der Waals surface area contributed by atoms with Crippen LogP contribution in [-0.2, 0) is 19.8 Å². The lowest BCUT2D eigenvalue weighted by atomic mass is 10.1. The smallest absolute Gasteiger partial charge is 0.350 e. The number of aromatic nitrogens is 6. The summed E-state index contributed by atoms with van der Waals surface area (Å²) in [6.07, 6.45) is -1.43. The van der Waals surface area contributed by atoms with E-state index in [-0.39, 0.29) is 12.2 Å². The van der Waals surface area contributed by atoms with E-state index in [0.29, 0.717) is 17.9 Å². The fourth-order valence-electron chi connectivity index (χ4n) is 2.31. The second-order valence-corrected chi connectivity index (χ2v) is 6.89. The minimum Gasteiger partial charge on any atom is -0.350 e. The number of carbonyl (C=O) groups is 1. The molecule has 28 heavy (non-hydrogen) atoms. The summed E-state index contributed by atoms with van der Waals surface area (Å²) in [5.74, 6) is 0.185. The molecule has 0 fully saturated rings. The lowest BCUT2D eigenvalue weighted by Gasteiger charge is -2.08. The highest BCUT2D eigenvalue weighted by Gasteiger charge is 2.30. The van der Waals surface area contributed by atoms with Crippen molar-refractivity contribution in [1.29, 1.82) is 0 Å². The van der Waals surface area contributed by atoms with Gasteiger partial charge in [-0.2, -0.15) is 13.2 Å². The summed E-state index contributed by atoms with van der Waals surface area (Å²) in [6, 6.07) is 4.94. The Kier molecular flexibility index (Phi) is 5.97. The van der Waals surface area contributed by atoms with Crippen molar-refractivity contribution in [2.24, 2.45) is 7.05 Å². The predicted molar refractivity (Wildman–Crippen MR) is 94.6 cm³/mol. The Morgan fingerprint density at radius 2 is 2.11 bits per heavy atom. The van der Waals surface area contributed by atoms with Crippen LogP contribution in [0, 0.1) is 0 Å². The Labute approximate surface area is 162 Å². The molecule has 1 amide bonds. The van der Waals surface area contributed by atoms with Crippen LogP contribution >= 0.6 is 11.8 Å². The maximum Gasteiger partial charge on any atom is 0.416 e. The van der Waals surface area contributed by atoms with E-state index in [2.05, 4.69) is 25.8 Å². The molecule has 0 saturated carbocycles. The van der Waals surface area contributed by atoms with Crippen molar-refractivity contribution in [2.45, 2.75) is 17.9 Å². The molecule has 8 nitrogen and oxygen atoms in total. The van der Waals surface area contributed by atoms with E-state index >= 15 is 0 Å². The Balaban J connectivity index is 1.52. The molecule has 0 saturated heterocycles. The third kappa shape index (κ3) is 5.09. The molecule has 3 aromatic rings. The summed E-state index contributed by atoms with van der Waals surface area (Å²) in [5.41, 5.74) is -0.231. The summed E-state index contributed by atoms with van der Waals surface area (Å²) in [4.78, 5) is 12.1. The molecular weight excluding hydrogens is 395 g/mol. The van der Waals surface area contributed by atoms with Gasteiger partial charge in [-0.05, 0) is 17.7 Å². The van der Waals surface area contributed by atoms with E-state index < -0.39 is 17.6 Å². The number of aryl methyl sites for hydroxylation is 1. The molecule has 0 aliphatic carbocycles. The lowest BCUT2D eigenvalue weighted by Crippen LogP contribution is -2.26. The Hall–Kier alpha value is -2.89. The molecule has 0 aliphatic heterocycles. The maximum absolute atomic E-state index is 12.8. The van der Waals surface area contributed by atoms with Crippen molar-refractivity contribution in [3.05, 3.63) is 53.6 Å². The number of nitrogens with one attached hydrogen (secondary N) is 1. The van der Waals surface area contributed by atoms with Gasteiger partial charge >= 0.3 is 6.18 Å². The first-order chi connectivity index (χ1) is 13.3. The number of hydrogen-bond acceptors (Lipinski definition) is 6. The quantitative estimate of drug-likeness (QED) is 0.472. The van der Waals surface area contributed by atoms with Gasteiger partial charge in [-0.15, -0.1) is 15.3 Å². The predicted octanol–water partition coefficient (Wildman–Crippen LogP) is 2.00. The zero-order valence-corrected chi connectivity index (χ0v) is 15.5. The van der Waals surface area contributed by atoms with Gasteiger partial charge in [-0.3, -0.25) is 4.79 Å². The molecule has 0 bridgehead atoms. The lowest BCUT2D eigenvalue weighted by molar-refractivity contribution is -0.137. The summed E-state index contributed by atoms with van der Waals surface area (Å²) in [6.45, 7) is 0.461. The number of thioether (sulfide) groups is 1. The molecule has 0 unspecified atom stereocenters. The van der Waals surface area contributed by atoms with Gasteiger partial charge in [0, 0.05) is 19.3 Å². The van der Waals surface area contributed by atoms with E-state index in [0.717, 1.165) is 17.3 Å². The average molecular weight is 411 g/mol. The summed E-state index contributed by atoms with van der Waals surface area (Å²) in [7, 11) is 1.82. The Morgan fingerprint density at radius 1 is 1.29 bits per heavy atom. The maximum atomic E-state index is 12.8. The van der Waals surface area contributed by atoms with Crippen molar-refractivity contribution in [1.82, 2.24) is 35.1 Å². The molecule has 0 radical (unpaired) electrons. The number of alkyl halides is 3. The first-order valence-corrected chi connectivity index (χ1v) is 9.13. The number of hydrogen-bond donors (Lipinski definition) is 1. The fraction of sp³-hybridized carbons (Fsp3) is 0.312. The van der Waals surface area contributed by atoms with Crippen molar-refractivity contribution >= 4 is 17.7 Å². The first-order valence-electron chi connectivity index (χ1n) is 8.14. The molecule has 12 heteroatoms. The van der Waals surface area contributed by atoms with E-state index in [1.807, 2.05) is 7.05 Å². The van der Waals surface area contributed by atoms with E-state index in [1.54, 1.807) is 17.0 Å². The highest BCUT2D eigenvalue weighted by atomic mass is 32.2. The third-order valence-corrected chi connectivity index (χ3v) is 4.69. The van der Waals surface area contributed by atoms with Crippen molar-refractivity contribution in [2.75, 3.05) is 12.3 Å². The summed E-state index contributed by atoms with van der Waals surface area (Å²) in [5, 5.41) is 18.7. The molecule has 148 valence electrons. The molecule has 0 spiro atoms. The highest BCUT2D eigenvalue weighted by molar-refractivity contribution is 7.99. The molecule has 3 rings (SSSR count). The van der Waals surface area contributed by atoms with Crippen LogP contribution in [0.5, 0.6) is 0 Å². The topological polar surface area (TPSA) is 90.5 Å². The molecule has 2 aromatic heterocycles. The molecule has 1 aromatic carbocycles. The fourth-order valence-corrected chi connectivity index (χ4v) is 3.06. The summed E-state index contributed by atoms with van der Waals surface area (Å²) >= 11 is 1.44. The van der Waals surface area contributed by atoms with Crippen molar-refractivity contribution < 1.29 is 18.0 Å². The first kappa shape index (κ1) is 19.9. The van der Waals surface area contributed by atoms with Gasteiger partial charge in [0.05, 0.1) is 18.3 Å². The van der Waals surface area contributed by atoms with Gasteiger partial charge in [0.15, 0.2) is 10.9 Å². The van der Waals surface area contributed by atoms with Gasteiger partial charge in [0.25, 0.3) is 5.91 Å². The van der Waals surface area contributed by atoms with Gasteiger partial charge in [-0.25, -0.2) is 4.68 Å². The molecule has 0 aliphatic rings. The number of carbonyl (C=O) groups excluding carboxylic acids is 1. The average Bonchev–Trinajstić information content (AvgIpc) is 3.27. The minimum absolute atomic E-state index is 0.0756. The number of nitrogens with zero attached hydrogens (tertiary/aromatic N) is 6. The van der Waals surface area contributed by atoms with E-state index in [4.69, 9.17) is 0 Å². The van der Waals surface area contributed by atoms with E-state index in [1.165, 1.54) is 28.7 Å². The Bertz CT molecular complexity index is 954. The molecular formula is C16H16F3N7OS. The van der Waals surface area contributed by atoms with Crippen LogP contribution < -0.4 is 5.32 Å². The zero-order chi connectivity index (χ0) is 20.1. The molecule has 0 atom stereocenters. The normalized spacial score (nSPS) is 11.6. The van der Waals surface area contributed by atoms with Crippen LogP contribution in [0.1, 0.15) is 21.6 Å². The van der Waals surface area contributed by atoms with Crippen molar-refractivity contribution in [3.63, 3.8) is 0 Å². The molecule has 1 N–H and O–H groups in total. The summed E-state index contributed by atoms with van der Waals surface area (Å²) < 4.78 is 41.4. The Morgan fingerprint density at radius 3 is 2.82 bits per heavy atom. The number of benzene rings is 1. The minimum atomic E-state index is -4.41. The standard InChI is InChI=1S/C16H16F3N7OS/c1-25-10-21-23-15(25)28-6-5-20-14(27)13-9-26(24-22-13)8-11-3-2-4-12(7-11)16(17,18)19/h2-4,7,9-10H,5-6,8H2,1H3,(H,20,27). The zero-order valence-electron chi connectivity index (χ0n) is 14.7. The van der Waals surface area contributed by atoms with Crippen LogP contribution in [0.2, 0.25) is 0 Å². The van der Waals surface area contributed by atoms with Crippen LogP contribution in [0.15, 0.2) is 41.9 Å². The van der Waals surface area contributed by atoms with Gasteiger partial charge in [0.1, 0.15) is 6.33 Å². The van der Waals surface area contributed by atoms with E-state index in [9.17, 15) is 18.0 Å². The second-order valence-electron chi connectivity index (χ2n) is 5.83. The van der Waals surface area contributed by atoms with Crippen LogP contribution in [0.3, 0.4) is 0 Å². The van der Waals surface area contributed by atoms with Crippen LogP contribution in [-0.4, -0.2) is 48.0 Å². The number of amides is 1. The van der Waals surface area contributed by atoms with Crippen molar-refractivity contribution in [3.8, 4) is 0 Å². The number of rotatable bonds is 7. The largest absolute Gasteiger partial charge is 0.416 e. The highest BCUT2D eigenvalue weighted by Crippen LogP contribution is 2.29. The van der Waals surface area contributed by atoms with Gasteiger partial charge in [-0.1, -0.05) is 29.1 Å². The monoisotopic (exact) mass is 411 g/mol. The third-order valence-electron chi connectivity index (χ3n) is 3.66. The second kappa shape index (κ2) is 8.42. The van der Waals surface area contributed by atoms with Gasteiger partial charge < -0.3 is 9.88 Å². The SMILES string of the molecule is Cn1cnnc1SCCNC(=O)c1cn(Cc2cccc(C(F)(F)F)c2)nn1. The van der Waals surface area contributed by atoms with Crippen LogP contribution in [0.25, 0.3) is 0 Å². The van der Waals surface area contributed by atoms with Gasteiger partial charge in [0.2, 0.25) is 0 Å². The van der Waals surface area contributed by atoms with Crippen LogP contribution in [0.4, 0.5) is 13.2 Å². The number of halogens is 3. The molecule has 2 heterocycles.